The minimum atomic E-state index is -1.52. The fourth-order valence-corrected chi connectivity index (χ4v) is 3.08. The number of hydrogen-bond acceptors (Lipinski definition) is 9. The predicted octanol–water partition coefficient (Wildman–Crippen LogP) is -3.36. The van der Waals surface area contributed by atoms with Crippen molar-refractivity contribution < 1.29 is 39.3 Å². The van der Waals surface area contributed by atoms with Crippen LogP contribution in [-0.4, -0.2) is 95.7 Å². The van der Waals surface area contributed by atoms with E-state index in [1.54, 1.807) is 0 Å². The average molecular weight is 508 g/mol. The zero-order valence-electron chi connectivity index (χ0n) is 19.0. The van der Waals surface area contributed by atoms with Gasteiger partial charge < -0.3 is 47.0 Å². The van der Waals surface area contributed by atoms with Gasteiger partial charge in [0.15, 0.2) is 0 Å². The van der Waals surface area contributed by atoms with Crippen molar-refractivity contribution >= 4 is 29.7 Å². The summed E-state index contributed by atoms with van der Waals surface area (Å²) in [6.07, 6.45) is 4.47. The molecule has 0 aliphatic carbocycles. The van der Waals surface area contributed by atoms with Gasteiger partial charge in [0, 0.05) is 43.0 Å². The maximum absolute atomic E-state index is 13.1. The third kappa shape index (κ3) is 8.80. The highest BCUT2D eigenvalue weighted by Gasteiger charge is 2.31. The second kappa shape index (κ2) is 13.5. The number of aromatic nitrogens is 4. The molecule has 0 fully saturated rings. The fourth-order valence-electron chi connectivity index (χ4n) is 3.08. The molecule has 0 saturated heterocycles. The first-order valence-electron chi connectivity index (χ1n) is 10.8. The number of aliphatic carboxylic acids is 2. The average Bonchev–Trinajstić information content (AvgIpc) is 3.54. The first-order chi connectivity index (χ1) is 17.1. The Morgan fingerprint density at radius 1 is 0.833 bits per heavy atom. The van der Waals surface area contributed by atoms with Gasteiger partial charge in [-0.2, -0.15) is 0 Å². The minimum Gasteiger partial charge on any atom is -0.481 e. The van der Waals surface area contributed by atoms with Crippen LogP contribution in [-0.2, 0) is 36.8 Å². The summed E-state index contributed by atoms with van der Waals surface area (Å²) in [5.74, 6) is -5.20. The molecule has 2 aromatic rings. The molecule has 0 aliphatic heterocycles. The molecule has 2 heterocycles. The van der Waals surface area contributed by atoms with Gasteiger partial charge in [-0.05, 0) is 6.42 Å². The van der Waals surface area contributed by atoms with Crippen molar-refractivity contribution in [3.05, 3.63) is 36.4 Å². The van der Waals surface area contributed by atoms with E-state index in [1.165, 1.54) is 25.0 Å². The van der Waals surface area contributed by atoms with E-state index in [-0.39, 0.29) is 19.3 Å². The van der Waals surface area contributed by atoms with Gasteiger partial charge in [-0.3, -0.25) is 19.2 Å². The monoisotopic (exact) mass is 508 g/mol. The van der Waals surface area contributed by atoms with Crippen molar-refractivity contribution in [2.45, 2.75) is 49.9 Å². The van der Waals surface area contributed by atoms with E-state index in [9.17, 15) is 29.1 Å². The van der Waals surface area contributed by atoms with Gasteiger partial charge in [0.1, 0.15) is 24.2 Å². The second-order valence-corrected chi connectivity index (χ2v) is 7.81. The van der Waals surface area contributed by atoms with E-state index >= 15 is 0 Å². The van der Waals surface area contributed by atoms with E-state index in [1.807, 2.05) is 0 Å². The summed E-state index contributed by atoms with van der Waals surface area (Å²) in [6, 6.07) is -5.37. The molecule has 16 nitrogen and oxygen atoms in total. The summed E-state index contributed by atoms with van der Waals surface area (Å²) in [5.41, 5.74) is 6.43. The van der Waals surface area contributed by atoms with Gasteiger partial charge in [-0.25, -0.2) is 14.8 Å². The molecule has 16 heteroatoms. The highest BCUT2D eigenvalue weighted by Crippen LogP contribution is 2.05. The Kier molecular flexibility index (Phi) is 10.5. The van der Waals surface area contributed by atoms with Crippen LogP contribution in [0.2, 0.25) is 0 Å². The summed E-state index contributed by atoms with van der Waals surface area (Å²) >= 11 is 0. The smallest absolute Gasteiger partial charge is 0.326 e. The number of nitrogens with one attached hydrogen (secondary N) is 5. The molecule has 0 saturated carbocycles. The van der Waals surface area contributed by atoms with Crippen LogP contribution in [0.3, 0.4) is 0 Å². The molecule has 4 unspecified atom stereocenters. The maximum atomic E-state index is 13.1. The molecule has 0 bridgehead atoms. The number of nitrogens with zero attached hydrogens (tertiary/aromatic N) is 2. The summed E-state index contributed by atoms with van der Waals surface area (Å²) in [5, 5.41) is 34.4. The number of carbonyl (C=O) groups is 5. The lowest BCUT2D eigenvalue weighted by atomic mass is 10.1. The van der Waals surface area contributed by atoms with Gasteiger partial charge in [-0.15, -0.1) is 0 Å². The van der Waals surface area contributed by atoms with Gasteiger partial charge in [0.05, 0.1) is 19.3 Å². The number of carboxylic acids is 2. The van der Waals surface area contributed by atoms with Crippen molar-refractivity contribution in [2.75, 3.05) is 6.61 Å². The van der Waals surface area contributed by atoms with Gasteiger partial charge in [0.2, 0.25) is 17.7 Å². The number of hydrogen-bond donors (Lipinski definition) is 9. The molecule has 0 aromatic carbocycles. The lowest BCUT2D eigenvalue weighted by molar-refractivity contribution is -0.143. The lowest BCUT2D eigenvalue weighted by Crippen LogP contribution is -2.58. The van der Waals surface area contributed by atoms with E-state index in [4.69, 9.17) is 15.9 Å². The van der Waals surface area contributed by atoms with Gasteiger partial charge >= 0.3 is 11.9 Å². The van der Waals surface area contributed by atoms with Crippen LogP contribution in [0.15, 0.2) is 25.0 Å². The number of aromatic amines is 2. The second-order valence-electron chi connectivity index (χ2n) is 7.81. The van der Waals surface area contributed by atoms with Crippen molar-refractivity contribution in [3.63, 3.8) is 0 Å². The Morgan fingerprint density at radius 2 is 1.31 bits per heavy atom. The molecule has 196 valence electrons. The van der Waals surface area contributed by atoms with Crippen LogP contribution in [0.25, 0.3) is 0 Å². The molecule has 4 atom stereocenters. The molecular weight excluding hydrogens is 480 g/mol. The van der Waals surface area contributed by atoms with Crippen molar-refractivity contribution in [2.24, 2.45) is 5.73 Å². The van der Waals surface area contributed by atoms with Crippen molar-refractivity contribution in [3.8, 4) is 0 Å². The molecule has 0 aliphatic rings. The van der Waals surface area contributed by atoms with E-state index in [2.05, 4.69) is 35.9 Å². The zero-order chi connectivity index (χ0) is 26.7. The third-order valence-corrected chi connectivity index (χ3v) is 5.02. The summed E-state index contributed by atoms with van der Waals surface area (Å²) in [4.78, 5) is 73.9. The SMILES string of the molecule is NC(CO)C(=O)NC(Cc1cnc[nH]1)C(=O)NC(Cc1cnc[nH]1)C(=O)NC(CCC(=O)O)C(=O)O. The number of nitrogens with two attached hydrogens (primary N) is 1. The quantitative estimate of drug-likeness (QED) is 0.115. The van der Waals surface area contributed by atoms with Crippen molar-refractivity contribution in [1.29, 1.82) is 0 Å². The predicted molar refractivity (Wildman–Crippen MR) is 120 cm³/mol. The number of aliphatic hydroxyl groups is 1. The van der Waals surface area contributed by atoms with Crippen LogP contribution in [0.4, 0.5) is 0 Å². The molecule has 2 rings (SSSR count). The highest BCUT2D eigenvalue weighted by molar-refractivity contribution is 5.94. The molecule has 2 aromatic heterocycles. The molecule has 10 N–H and O–H groups in total. The van der Waals surface area contributed by atoms with Crippen LogP contribution in [0.1, 0.15) is 24.2 Å². The number of H-pyrrole nitrogens is 2. The number of aliphatic hydroxyl groups excluding tert-OH is 1. The number of imidazole rings is 2. The zero-order valence-corrected chi connectivity index (χ0v) is 19.0. The van der Waals surface area contributed by atoms with Gasteiger partial charge in [0.25, 0.3) is 0 Å². The van der Waals surface area contributed by atoms with Crippen LogP contribution in [0, 0.1) is 0 Å². The molecule has 36 heavy (non-hydrogen) atoms. The number of rotatable bonds is 15. The van der Waals surface area contributed by atoms with Crippen LogP contribution in [0.5, 0.6) is 0 Å². The normalized spacial score (nSPS) is 14.2. The van der Waals surface area contributed by atoms with E-state index in [0.717, 1.165) is 0 Å². The topological polar surface area (TPSA) is 266 Å². The first-order valence-corrected chi connectivity index (χ1v) is 10.8. The molecule has 3 amide bonds. The van der Waals surface area contributed by atoms with Crippen LogP contribution < -0.4 is 21.7 Å². The Labute approximate surface area is 204 Å². The molecule has 0 radical (unpaired) electrons. The van der Waals surface area contributed by atoms with Crippen LogP contribution >= 0.6 is 0 Å². The number of carbonyl (C=O) groups excluding carboxylic acids is 3. The Hall–Kier alpha value is -4.31. The third-order valence-electron chi connectivity index (χ3n) is 5.02. The summed E-state index contributed by atoms with van der Waals surface area (Å²) in [6.45, 7) is -0.665. The summed E-state index contributed by atoms with van der Waals surface area (Å²) < 4.78 is 0. The largest absolute Gasteiger partial charge is 0.481 e. The van der Waals surface area contributed by atoms with Gasteiger partial charge in [-0.1, -0.05) is 0 Å². The number of carboxylic acid groups (broad SMARTS) is 2. The molecule has 0 spiro atoms. The highest BCUT2D eigenvalue weighted by atomic mass is 16.4. The maximum Gasteiger partial charge on any atom is 0.326 e. The Balaban J connectivity index is 2.22. The fraction of sp³-hybridized carbons (Fsp3) is 0.450. The van der Waals surface area contributed by atoms with E-state index in [0.29, 0.717) is 11.4 Å². The minimum absolute atomic E-state index is 0.0650. The molecular formula is C20H28N8O8. The van der Waals surface area contributed by atoms with Crippen molar-refractivity contribution in [1.82, 2.24) is 35.9 Å². The Bertz CT molecular complexity index is 1030. The Morgan fingerprint density at radius 3 is 1.69 bits per heavy atom. The van der Waals surface area contributed by atoms with E-state index < -0.39 is 66.9 Å². The summed E-state index contributed by atoms with van der Waals surface area (Å²) in [7, 11) is 0. The number of amides is 3. The first kappa shape index (κ1) is 27.9. The standard InChI is InChI=1S/C20H28N8O8/c21-12(7-29)17(32)27-14(3-10-5-22-8-24-10)19(34)28-15(4-11-6-23-9-25-11)18(33)26-13(20(35)36)1-2-16(30)31/h5-6,8-9,12-15,29H,1-4,7,21H2,(H,22,24)(H,23,25)(H,26,33)(H,27,32)(H,28,34)(H,30,31)(H,35,36). The lowest BCUT2D eigenvalue weighted by Gasteiger charge is -2.24.